The molecule has 0 aromatic heterocycles. The smallest absolute Gasteiger partial charge is 0.221 e. The molecule has 1 saturated heterocycles. The molecule has 1 unspecified atom stereocenters. The number of hydrazine groups is 1. The van der Waals surface area contributed by atoms with E-state index >= 15 is 0 Å². The summed E-state index contributed by atoms with van der Waals surface area (Å²) < 4.78 is 0. The summed E-state index contributed by atoms with van der Waals surface area (Å²) in [6.45, 7) is 4.86. The van der Waals surface area contributed by atoms with E-state index in [9.17, 15) is 4.79 Å². The molecule has 1 fully saturated rings. The second-order valence-electron chi connectivity index (χ2n) is 2.49. The second-order valence-corrected chi connectivity index (χ2v) is 2.49. The molecule has 0 radical (unpaired) electrons. The lowest BCUT2D eigenvalue weighted by atomic mass is 10.2. The third-order valence-corrected chi connectivity index (χ3v) is 1.72. The zero-order valence-electron chi connectivity index (χ0n) is 6.13. The molecule has 4 nitrogen and oxygen atoms in total. The largest absolute Gasteiger partial charge is 0.314 e. The van der Waals surface area contributed by atoms with Gasteiger partial charge in [-0.05, 0) is 6.92 Å². The number of rotatable bonds is 2. The van der Waals surface area contributed by atoms with E-state index in [0.717, 1.165) is 26.0 Å². The number of carbonyl (C=O) groups is 1. The van der Waals surface area contributed by atoms with Gasteiger partial charge in [-0.1, -0.05) is 0 Å². The molecule has 0 aliphatic carbocycles. The maximum Gasteiger partial charge on any atom is 0.221 e. The van der Waals surface area contributed by atoms with Crippen molar-refractivity contribution >= 4 is 6.41 Å². The number of carbonyl (C=O) groups excluding carboxylic acids is 1. The van der Waals surface area contributed by atoms with Crippen LogP contribution in [0.1, 0.15) is 6.92 Å². The Kier molecular flexibility index (Phi) is 2.65. The molecule has 1 aliphatic rings. The van der Waals surface area contributed by atoms with Crippen LogP contribution in [0, 0.1) is 0 Å². The molecule has 4 heteroatoms. The number of hydrogen-bond acceptors (Lipinski definition) is 3. The van der Waals surface area contributed by atoms with Gasteiger partial charge in [-0.2, -0.15) is 0 Å². The highest BCUT2D eigenvalue weighted by Crippen LogP contribution is 1.95. The van der Waals surface area contributed by atoms with Crippen LogP contribution < -0.4 is 10.7 Å². The Labute approximate surface area is 60.5 Å². The van der Waals surface area contributed by atoms with Gasteiger partial charge in [0, 0.05) is 25.7 Å². The first-order valence-electron chi connectivity index (χ1n) is 3.52. The van der Waals surface area contributed by atoms with Crippen molar-refractivity contribution in [2.75, 3.05) is 19.6 Å². The summed E-state index contributed by atoms with van der Waals surface area (Å²) in [6.07, 6.45) is 0.724. The summed E-state index contributed by atoms with van der Waals surface area (Å²) in [4.78, 5) is 10.0. The van der Waals surface area contributed by atoms with E-state index in [2.05, 4.69) is 17.7 Å². The van der Waals surface area contributed by atoms with Crippen molar-refractivity contribution in [2.24, 2.45) is 0 Å². The van der Waals surface area contributed by atoms with Crippen molar-refractivity contribution < 1.29 is 4.79 Å². The average molecular weight is 143 g/mol. The molecule has 0 aromatic carbocycles. The van der Waals surface area contributed by atoms with E-state index in [1.54, 1.807) is 0 Å². The molecule has 1 aliphatic heterocycles. The van der Waals surface area contributed by atoms with E-state index < -0.39 is 0 Å². The van der Waals surface area contributed by atoms with E-state index in [1.165, 1.54) is 0 Å². The molecule has 1 heterocycles. The maximum absolute atomic E-state index is 10.0. The first-order valence-corrected chi connectivity index (χ1v) is 3.52. The van der Waals surface area contributed by atoms with Crippen LogP contribution in [0.5, 0.6) is 0 Å². The Balaban J connectivity index is 2.32. The molecule has 58 valence electrons. The summed E-state index contributed by atoms with van der Waals surface area (Å²) >= 11 is 0. The highest BCUT2D eigenvalue weighted by Gasteiger charge is 2.15. The molecule has 1 amide bonds. The van der Waals surface area contributed by atoms with Gasteiger partial charge in [-0.15, -0.1) is 0 Å². The number of piperazine rings is 1. The van der Waals surface area contributed by atoms with Gasteiger partial charge in [0.25, 0.3) is 0 Å². The van der Waals surface area contributed by atoms with Crippen molar-refractivity contribution in [1.82, 2.24) is 15.8 Å². The summed E-state index contributed by atoms with van der Waals surface area (Å²) in [5.41, 5.74) is 2.65. The minimum absolute atomic E-state index is 0.402. The second kappa shape index (κ2) is 3.53. The first kappa shape index (κ1) is 7.50. The normalized spacial score (nSPS) is 27.9. The van der Waals surface area contributed by atoms with E-state index in [1.807, 2.05) is 5.01 Å². The molecular weight excluding hydrogens is 130 g/mol. The summed E-state index contributed by atoms with van der Waals surface area (Å²) in [5.74, 6) is 0. The van der Waals surface area contributed by atoms with Crippen molar-refractivity contribution in [3.05, 3.63) is 0 Å². The SMILES string of the molecule is CC1CNCCN1NC=O. The molecule has 1 rings (SSSR count). The zero-order valence-corrected chi connectivity index (χ0v) is 6.13. The average Bonchev–Trinajstić information content (AvgIpc) is 1.94. The maximum atomic E-state index is 10.0. The predicted molar refractivity (Wildman–Crippen MR) is 38.2 cm³/mol. The number of hydrogen-bond donors (Lipinski definition) is 2. The van der Waals surface area contributed by atoms with Gasteiger partial charge < -0.3 is 5.32 Å². The summed E-state index contributed by atoms with van der Waals surface area (Å²) in [6, 6.07) is 0.402. The molecule has 0 saturated carbocycles. The Hall–Kier alpha value is -0.610. The lowest BCUT2D eigenvalue weighted by Gasteiger charge is -2.32. The van der Waals surface area contributed by atoms with Crippen LogP contribution >= 0.6 is 0 Å². The van der Waals surface area contributed by atoms with E-state index in [0.29, 0.717) is 6.04 Å². The van der Waals surface area contributed by atoms with Gasteiger partial charge in [0.1, 0.15) is 0 Å². The molecular formula is C6H13N3O. The first-order chi connectivity index (χ1) is 4.84. The zero-order chi connectivity index (χ0) is 7.40. The van der Waals surface area contributed by atoms with Crippen LogP contribution in [-0.2, 0) is 4.79 Å². The summed E-state index contributed by atoms with van der Waals surface area (Å²) in [5, 5.41) is 5.16. The molecule has 2 N–H and O–H groups in total. The Bertz CT molecular complexity index is 118. The predicted octanol–water partition coefficient (Wildman–Crippen LogP) is -1.06. The monoisotopic (exact) mass is 143 g/mol. The Morgan fingerprint density at radius 3 is 3.20 bits per heavy atom. The van der Waals surface area contributed by atoms with Crippen molar-refractivity contribution in [3.63, 3.8) is 0 Å². The lowest BCUT2D eigenvalue weighted by molar-refractivity contribution is -0.115. The fourth-order valence-corrected chi connectivity index (χ4v) is 1.10. The van der Waals surface area contributed by atoms with Crippen molar-refractivity contribution in [3.8, 4) is 0 Å². The van der Waals surface area contributed by atoms with Crippen LogP contribution in [0.2, 0.25) is 0 Å². The topological polar surface area (TPSA) is 44.4 Å². The Morgan fingerprint density at radius 1 is 1.80 bits per heavy atom. The molecule has 0 bridgehead atoms. The quantitative estimate of drug-likeness (QED) is 0.484. The minimum Gasteiger partial charge on any atom is -0.314 e. The van der Waals surface area contributed by atoms with Gasteiger partial charge in [-0.25, -0.2) is 5.01 Å². The number of nitrogens with one attached hydrogen (secondary N) is 2. The van der Waals surface area contributed by atoms with Crippen LogP contribution in [0.25, 0.3) is 0 Å². The molecule has 0 aromatic rings. The highest BCUT2D eigenvalue weighted by molar-refractivity contribution is 5.45. The highest BCUT2D eigenvalue weighted by atomic mass is 16.1. The molecule has 1 atom stereocenters. The fraction of sp³-hybridized carbons (Fsp3) is 0.833. The van der Waals surface area contributed by atoms with Crippen LogP contribution in [0.4, 0.5) is 0 Å². The van der Waals surface area contributed by atoms with Gasteiger partial charge >= 0.3 is 0 Å². The fourth-order valence-electron chi connectivity index (χ4n) is 1.10. The number of amides is 1. The minimum atomic E-state index is 0.402. The van der Waals surface area contributed by atoms with E-state index in [4.69, 9.17) is 0 Å². The van der Waals surface area contributed by atoms with Gasteiger partial charge in [-0.3, -0.25) is 10.2 Å². The Morgan fingerprint density at radius 2 is 2.60 bits per heavy atom. The standard InChI is InChI=1S/C6H13N3O/c1-6-4-7-2-3-9(6)8-5-10/h5-7H,2-4H2,1H3,(H,8,10). The van der Waals surface area contributed by atoms with Crippen LogP contribution in [0.3, 0.4) is 0 Å². The van der Waals surface area contributed by atoms with Gasteiger partial charge in [0.2, 0.25) is 6.41 Å². The van der Waals surface area contributed by atoms with Gasteiger partial charge in [0.05, 0.1) is 0 Å². The van der Waals surface area contributed by atoms with Crippen LogP contribution in [-0.4, -0.2) is 37.1 Å². The number of nitrogens with zero attached hydrogens (tertiary/aromatic N) is 1. The summed E-state index contributed by atoms with van der Waals surface area (Å²) in [7, 11) is 0. The van der Waals surface area contributed by atoms with Crippen molar-refractivity contribution in [1.29, 1.82) is 0 Å². The lowest BCUT2D eigenvalue weighted by Crippen LogP contribution is -2.55. The van der Waals surface area contributed by atoms with E-state index in [-0.39, 0.29) is 0 Å². The molecule has 10 heavy (non-hydrogen) atoms. The van der Waals surface area contributed by atoms with Crippen LogP contribution in [0.15, 0.2) is 0 Å². The molecule has 0 spiro atoms. The van der Waals surface area contributed by atoms with Gasteiger partial charge in [0.15, 0.2) is 0 Å². The third-order valence-electron chi connectivity index (χ3n) is 1.72. The van der Waals surface area contributed by atoms with Crippen molar-refractivity contribution in [2.45, 2.75) is 13.0 Å². The third kappa shape index (κ3) is 1.68.